The van der Waals surface area contributed by atoms with Gasteiger partial charge in [0.2, 0.25) is 0 Å². The van der Waals surface area contributed by atoms with E-state index in [9.17, 15) is 9.90 Å². The summed E-state index contributed by atoms with van der Waals surface area (Å²) in [7, 11) is 0. The normalized spacial score (nSPS) is 13.4. The van der Waals surface area contributed by atoms with Gasteiger partial charge in [0.05, 0.1) is 29.8 Å². The first-order chi connectivity index (χ1) is 15.7. The van der Waals surface area contributed by atoms with Crippen LogP contribution in [0.15, 0.2) is 65.7 Å². The molecule has 0 radical (unpaired) electrons. The van der Waals surface area contributed by atoms with Crippen LogP contribution in [0.2, 0.25) is 0 Å². The second-order valence-corrected chi connectivity index (χ2v) is 7.40. The molecule has 0 amide bonds. The Morgan fingerprint density at radius 2 is 1.84 bits per heavy atom. The number of hydrogen-bond acceptors (Lipinski definition) is 7. The highest BCUT2D eigenvalue weighted by molar-refractivity contribution is 5.79. The Hall–Kier alpha value is -4.40. The van der Waals surface area contributed by atoms with Crippen molar-refractivity contribution in [3.8, 4) is 34.3 Å². The summed E-state index contributed by atoms with van der Waals surface area (Å²) in [4.78, 5) is 22.0. The van der Waals surface area contributed by atoms with Crippen molar-refractivity contribution in [3.05, 3.63) is 71.3 Å². The van der Waals surface area contributed by atoms with Crippen LogP contribution in [0.1, 0.15) is 6.42 Å². The Balaban J connectivity index is 1.49. The molecule has 0 saturated heterocycles. The van der Waals surface area contributed by atoms with E-state index in [4.69, 9.17) is 9.47 Å². The average Bonchev–Trinajstić information content (AvgIpc) is 3.11. The van der Waals surface area contributed by atoms with Gasteiger partial charge in [-0.05, 0) is 36.4 Å². The monoisotopic (exact) mass is 427 g/mol. The molecule has 0 aliphatic carbocycles. The van der Waals surface area contributed by atoms with Crippen molar-refractivity contribution in [1.82, 2.24) is 24.1 Å². The fraction of sp³-hybridized carbons (Fsp3) is 0.130. The molecular weight excluding hydrogens is 410 g/mol. The van der Waals surface area contributed by atoms with Crippen LogP contribution >= 0.6 is 0 Å². The van der Waals surface area contributed by atoms with E-state index < -0.39 is 0 Å². The molecule has 3 aromatic heterocycles. The number of phenols is 1. The molecule has 9 nitrogen and oxygen atoms in total. The smallest absolute Gasteiger partial charge is 0.266 e. The van der Waals surface area contributed by atoms with Gasteiger partial charge in [0.25, 0.3) is 11.3 Å². The van der Waals surface area contributed by atoms with Gasteiger partial charge in [-0.3, -0.25) is 9.36 Å². The fourth-order valence-electron chi connectivity index (χ4n) is 3.80. The molecule has 0 fully saturated rings. The highest BCUT2D eigenvalue weighted by Gasteiger charge is 2.17. The zero-order valence-electron chi connectivity index (χ0n) is 16.8. The molecule has 0 spiro atoms. The number of ether oxygens (including phenoxy) is 2. The van der Waals surface area contributed by atoms with Crippen molar-refractivity contribution in [2.75, 3.05) is 13.2 Å². The van der Waals surface area contributed by atoms with Crippen LogP contribution in [-0.4, -0.2) is 42.5 Å². The maximum Gasteiger partial charge on any atom is 0.266 e. The number of phenolic OH excluding ortho intramolecular Hbond substituents is 1. The maximum absolute atomic E-state index is 13.1. The van der Waals surface area contributed by atoms with E-state index in [1.54, 1.807) is 35.0 Å². The second-order valence-electron chi connectivity index (χ2n) is 7.40. The molecule has 1 N–H and O–H groups in total. The van der Waals surface area contributed by atoms with Gasteiger partial charge in [0.1, 0.15) is 5.75 Å². The van der Waals surface area contributed by atoms with Gasteiger partial charge in [-0.1, -0.05) is 12.1 Å². The Bertz CT molecular complexity index is 1560. The molecule has 5 aromatic rings. The summed E-state index contributed by atoms with van der Waals surface area (Å²) >= 11 is 0. The molecule has 32 heavy (non-hydrogen) atoms. The third-order valence-corrected chi connectivity index (χ3v) is 5.38. The fourth-order valence-corrected chi connectivity index (χ4v) is 3.80. The average molecular weight is 427 g/mol. The van der Waals surface area contributed by atoms with Gasteiger partial charge in [-0.15, -0.1) is 5.10 Å². The van der Waals surface area contributed by atoms with Gasteiger partial charge in [0.15, 0.2) is 17.3 Å². The first-order valence-corrected chi connectivity index (χ1v) is 10.1. The minimum absolute atomic E-state index is 0.0143. The largest absolute Gasteiger partial charge is 0.506 e. The molecule has 4 heterocycles. The van der Waals surface area contributed by atoms with E-state index in [1.165, 1.54) is 16.8 Å². The molecule has 6 rings (SSSR count). The lowest BCUT2D eigenvalue weighted by Crippen LogP contribution is -2.19. The van der Waals surface area contributed by atoms with E-state index in [-0.39, 0.29) is 11.3 Å². The van der Waals surface area contributed by atoms with Crippen LogP contribution in [0, 0.1) is 0 Å². The molecule has 1 aliphatic rings. The number of hydrogen-bond donors (Lipinski definition) is 1. The summed E-state index contributed by atoms with van der Waals surface area (Å²) < 4.78 is 14.4. The van der Waals surface area contributed by atoms with Crippen LogP contribution in [0.4, 0.5) is 0 Å². The minimum Gasteiger partial charge on any atom is -0.506 e. The van der Waals surface area contributed by atoms with E-state index in [0.29, 0.717) is 52.9 Å². The van der Waals surface area contributed by atoms with Crippen molar-refractivity contribution in [2.45, 2.75) is 6.42 Å². The number of pyridine rings is 1. The predicted molar refractivity (Wildman–Crippen MR) is 117 cm³/mol. The Morgan fingerprint density at radius 3 is 2.72 bits per heavy atom. The van der Waals surface area contributed by atoms with Crippen LogP contribution in [-0.2, 0) is 0 Å². The maximum atomic E-state index is 13.1. The summed E-state index contributed by atoms with van der Waals surface area (Å²) in [5.41, 5.74) is 1.41. The van der Waals surface area contributed by atoms with Crippen LogP contribution in [0.3, 0.4) is 0 Å². The number of para-hydroxylation sites is 2. The lowest BCUT2D eigenvalue weighted by molar-refractivity contribution is 0.297. The summed E-state index contributed by atoms with van der Waals surface area (Å²) in [6, 6.07) is 14.0. The first-order valence-electron chi connectivity index (χ1n) is 10.1. The number of aromatic nitrogens is 5. The summed E-state index contributed by atoms with van der Waals surface area (Å²) in [5, 5.41) is 15.1. The molecule has 0 unspecified atom stereocenters. The molecule has 2 aromatic carbocycles. The third-order valence-electron chi connectivity index (χ3n) is 5.38. The topological polar surface area (TPSA) is 104 Å². The van der Waals surface area contributed by atoms with Crippen LogP contribution in [0.5, 0.6) is 17.2 Å². The zero-order valence-corrected chi connectivity index (χ0v) is 16.8. The summed E-state index contributed by atoms with van der Waals surface area (Å²) in [5.74, 6) is 2.20. The molecular formula is C23H17N5O4. The van der Waals surface area contributed by atoms with E-state index in [1.807, 2.05) is 18.2 Å². The number of fused-ring (bicyclic) bond motifs is 4. The van der Waals surface area contributed by atoms with Crippen LogP contribution in [0.25, 0.3) is 33.8 Å². The zero-order chi connectivity index (χ0) is 21.7. The standard InChI is InChI=1S/C23H17N5O4/c29-18-5-2-1-4-17(18)27-9-8-16-15(22(27)30)13-24-23-25-21(26-28(16)23)14-6-7-19-20(12-14)32-11-3-10-31-19/h1-2,4-9,12-13,29H,3,10-11H2. The number of rotatable bonds is 2. The van der Waals surface area contributed by atoms with E-state index in [0.717, 1.165) is 12.0 Å². The molecule has 9 heteroatoms. The van der Waals surface area contributed by atoms with Gasteiger partial charge >= 0.3 is 0 Å². The highest BCUT2D eigenvalue weighted by atomic mass is 16.5. The van der Waals surface area contributed by atoms with Crippen molar-refractivity contribution < 1.29 is 14.6 Å². The predicted octanol–water partition coefficient (Wildman–Crippen LogP) is 2.96. The second kappa shape index (κ2) is 7.09. The van der Waals surface area contributed by atoms with Crippen molar-refractivity contribution >= 4 is 16.7 Å². The Labute approximate surface area is 181 Å². The SMILES string of the molecule is O=c1c2cnc3nc(-c4ccc5c(c4)OCCCO5)nn3c2ccn1-c1ccccc1O. The number of benzene rings is 2. The van der Waals surface area contributed by atoms with Crippen molar-refractivity contribution in [1.29, 1.82) is 0 Å². The van der Waals surface area contributed by atoms with Gasteiger partial charge < -0.3 is 14.6 Å². The molecule has 0 saturated carbocycles. The highest BCUT2D eigenvalue weighted by Crippen LogP contribution is 2.33. The van der Waals surface area contributed by atoms with Gasteiger partial charge in [-0.25, -0.2) is 4.98 Å². The molecule has 158 valence electrons. The Morgan fingerprint density at radius 1 is 1.00 bits per heavy atom. The lowest BCUT2D eigenvalue weighted by atomic mass is 10.2. The lowest BCUT2D eigenvalue weighted by Gasteiger charge is -2.09. The summed E-state index contributed by atoms with van der Waals surface area (Å²) in [6.45, 7) is 1.21. The van der Waals surface area contributed by atoms with Crippen molar-refractivity contribution in [2.24, 2.45) is 0 Å². The quantitative estimate of drug-likeness (QED) is 0.462. The number of nitrogens with zero attached hydrogens (tertiary/aromatic N) is 5. The first kappa shape index (κ1) is 18.4. The van der Waals surface area contributed by atoms with Crippen LogP contribution < -0.4 is 15.0 Å². The van der Waals surface area contributed by atoms with Gasteiger partial charge in [0, 0.05) is 24.4 Å². The van der Waals surface area contributed by atoms with Gasteiger partial charge in [-0.2, -0.15) is 9.50 Å². The molecule has 1 aliphatic heterocycles. The number of aromatic hydroxyl groups is 1. The minimum atomic E-state index is -0.314. The third kappa shape index (κ3) is 2.86. The van der Waals surface area contributed by atoms with E-state index >= 15 is 0 Å². The summed E-state index contributed by atoms with van der Waals surface area (Å²) in [6.07, 6.45) is 3.91. The van der Waals surface area contributed by atoms with E-state index in [2.05, 4.69) is 15.1 Å². The molecule has 0 atom stereocenters. The van der Waals surface area contributed by atoms with Crippen molar-refractivity contribution in [3.63, 3.8) is 0 Å². The Kier molecular flexibility index (Phi) is 4.07. The molecule has 0 bridgehead atoms.